The zero-order valence-corrected chi connectivity index (χ0v) is 13.5. The molecule has 1 N–H and O–H groups in total. The molecule has 0 spiro atoms. The van der Waals surface area contributed by atoms with Crippen LogP contribution in [-0.2, 0) is 14.4 Å². The Labute approximate surface area is 139 Å². The van der Waals surface area contributed by atoms with Crippen LogP contribution < -0.4 is 9.64 Å². The molecule has 1 aromatic carbocycles. The molecule has 2 atom stereocenters. The van der Waals surface area contributed by atoms with Crippen molar-refractivity contribution in [2.75, 3.05) is 24.5 Å². The highest BCUT2D eigenvalue weighted by Crippen LogP contribution is 2.33. The summed E-state index contributed by atoms with van der Waals surface area (Å²) in [6, 6.07) is 7.24. The fourth-order valence-electron chi connectivity index (χ4n) is 3.14. The van der Waals surface area contributed by atoms with Gasteiger partial charge in [-0.2, -0.15) is 0 Å². The van der Waals surface area contributed by atoms with E-state index in [-0.39, 0.29) is 31.3 Å². The standard InChI is InChI=1S/C17H20N2O5/c1-11-16(21)19(13-4-2-3-5-14(13)24-11)9-7-15(20)18-8-6-12(10-18)17(22)23/h2-5,11-12H,6-10H2,1H3,(H,22,23). The number of carboxylic acids is 1. The number of amides is 2. The number of fused-ring (bicyclic) bond motifs is 1. The van der Waals surface area contributed by atoms with Gasteiger partial charge in [-0.25, -0.2) is 0 Å². The molecule has 24 heavy (non-hydrogen) atoms. The Morgan fingerprint density at radius 3 is 2.79 bits per heavy atom. The van der Waals surface area contributed by atoms with E-state index in [1.54, 1.807) is 28.9 Å². The van der Waals surface area contributed by atoms with Crippen molar-refractivity contribution in [2.24, 2.45) is 5.92 Å². The summed E-state index contributed by atoms with van der Waals surface area (Å²) in [5, 5.41) is 9.01. The van der Waals surface area contributed by atoms with E-state index in [1.807, 2.05) is 12.1 Å². The number of carbonyl (C=O) groups is 3. The number of aliphatic carboxylic acids is 1. The van der Waals surface area contributed by atoms with Gasteiger partial charge in [0.05, 0.1) is 11.6 Å². The number of likely N-dealkylation sites (tertiary alicyclic amines) is 1. The van der Waals surface area contributed by atoms with Crippen molar-refractivity contribution in [1.82, 2.24) is 4.90 Å². The summed E-state index contributed by atoms with van der Waals surface area (Å²) in [5.41, 5.74) is 0.665. The predicted octanol–water partition coefficient (Wildman–Crippen LogP) is 1.12. The van der Waals surface area contributed by atoms with Crippen molar-refractivity contribution >= 4 is 23.5 Å². The third-order valence-electron chi connectivity index (χ3n) is 4.51. The molecule has 2 aliphatic heterocycles. The average Bonchev–Trinajstić information content (AvgIpc) is 3.05. The number of carbonyl (C=O) groups excluding carboxylic acids is 2. The summed E-state index contributed by atoms with van der Waals surface area (Å²) in [6.07, 6.45) is 0.0643. The van der Waals surface area contributed by atoms with Gasteiger partial charge in [0, 0.05) is 26.1 Å². The smallest absolute Gasteiger partial charge is 0.308 e. The van der Waals surface area contributed by atoms with E-state index in [0.29, 0.717) is 24.4 Å². The van der Waals surface area contributed by atoms with Crippen LogP contribution in [0.4, 0.5) is 5.69 Å². The lowest BCUT2D eigenvalue weighted by atomic mass is 10.1. The molecule has 2 amide bonds. The van der Waals surface area contributed by atoms with Gasteiger partial charge in [-0.3, -0.25) is 14.4 Å². The summed E-state index contributed by atoms with van der Waals surface area (Å²) in [4.78, 5) is 38.8. The molecule has 128 valence electrons. The van der Waals surface area contributed by atoms with Crippen LogP contribution in [0.25, 0.3) is 0 Å². The van der Waals surface area contributed by atoms with E-state index < -0.39 is 18.0 Å². The second-order valence-corrected chi connectivity index (χ2v) is 6.13. The van der Waals surface area contributed by atoms with Crippen LogP contribution in [-0.4, -0.2) is 53.5 Å². The first kappa shape index (κ1) is 16.3. The number of hydrogen-bond acceptors (Lipinski definition) is 4. The van der Waals surface area contributed by atoms with Gasteiger partial charge < -0.3 is 19.6 Å². The van der Waals surface area contributed by atoms with Gasteiger partial charge in [0.1, 0.15) is 5.75 Å². The van der Waals surface area contributed by atoms with E-state index >= 15 is 0 Å². The molecule has 0 saturated carbocycles. The second kappa shape index (κ2) is 6.51. The maximum absolute atomic E-state index is 12.4. The lowest BCUT2D eigenvalue weighted by molar-refractivity contribution is -0.141. The van der Waals surface area contributed by atoms with Crippen molar-refractivity contribution in [2.45, 2.75) is 25.9 Å². The SMILES string of the molecule is CC1Oc2ccccc2N(CCC(=O)N2CCC(C(=O)O)C2)C1=O. The molecule has 0 aliphatic carbocycles. The van der Waals surface area contributed by atoms with Crippen molar-refractivity contribution in [1.29, 1.82) is 0 Å². The minimum atomic E-state index is -0.864. The Morgan fingerprint density at radius 1 is 1.33 bits per heavy atom. The molecule has 7 heteroatoms. The molecular weight excluding hydrogens is 312 g/mol. The van der Waals surface area contributed by atoms with E-state index in [4.69, 9.17) is 9.84 Å². The molecule has 1 fully saturated rings. The summed E-state index contributed by atoms with van der Waals surface area (Å²) in [6.45, 7) is 2.65. The fraction of sp³-hybridized carbons (Fsp3) is 0.471. The molecular formula is C17H20N2O5. The number of hydrogen-bond donors (Lipinski definition) is 1. The highest BCUT2D eigenvalue weighted by molar-refractivity contribution is 6.00. The van der Waals surface area contributed by atoms with Crippen LogP contribution in [0.5, 0.6) is 5.75 Å². The monoisotopic (exact) mass is 332 g/mol. The van der Waals surface area contributed by atoms with Crippen LogP contribution in [0.2, 0.25) is 0 Å². The number of carboxylic acid groups (broad SMARTS) is 1. The molecule has 1 saturated heterocycles. The summed E-state index contributed by atoms with van der Waals surface area (Å²) < 4.78 is 5.57. The number of benzene rings is 1. The first-order chi connectivity index (χ1) is 11.5. The number of nitrogens with zero attached hydrogens (tertiary/aromatic N) is 2. The number of rotatable bonds is 4. The first-order valence-electron chi connectivity index (χ1n) is 8.05. The Balaban J connectivity index is 1.65. The van der Waals surface area contributed by atoms with Gasteiger partial charge >= 0.3 is 5.97 Å². The number of para-hydroxylation sites is 2. The minimum Gasteiger partial charge on any atom is -0.481 e. The lowest BCUT2D eigenvalue weighted by Gasteiger charge is -2.33. The zero-order chi connectivity index (χ0) is 17.3. The predicted molar refractivity (Wildman–Crippen MR) is 85.8 cm³/mol. The maximum atomic E-state index is 12.4. The quantitative estimate of drug-likeness (QED) is 0.893. The normalized spacial score (nSPS) is 23.0. The summed E-state index contributed by atoms with van der Waals surface area (Å²) in [5.74, 6) is -1.02. The minimum absolute atomic E-state index is 0.122. The van der Waals surface area contributed by atoms with E-state index in [0.717, 1.165) is 0 Å². The van der Waals surface area contributed by atoms with Crippen molar-refractivity contribution in [3.63, 3.8) is 0 Å². The van der Waals surface area contributed by atoms with Crippen LogP contribution >= 0.6 is 0 Å². The molecule has 2 heterocycles. The van der Waals surface area contributed by atoms with E-state index in [2.05, 4.69) is 0 Å². The third kappa shape index (κ3) is 3.06. The summed E-state index contributed by atoms with van der Waals surface area (Å²) >= 11 is 0. The van der Waals surface area contributed by atoms with Crippen LogP contribution in [0, 0.1) is 5.92 Å². The van der Waals surface area contributed by atoms with E-state index in [9.17, 15) is 14.4 Å². The number of ether oxygens (including phenoxy) is 1. The average molecular weight is 332 g/mol. The zero-order valence-electron chi connectivity index (χ0n) is 13.5. The first-order valence-corrected chi connectivity index (χ1v) is 8.05. The Bertz CT molecular complexity index is 675. The molecule has 2 unspecified atom stereocenters. The topological polar surface area (TPSA) is 87.2 Å². The highest BCUT2D eigenvalue weighted by Gasteiger charge is 2.33. The Kier molecular flexibility index (Phi) is 4.42. The molecule has 7 nitrogen and oxygen atoms in total. The Morgan fingerprint density at radius 2 is 2.08 bits per heavy atom. The maximum Gasteiger partial charge on any atom is 0.308 e. The molecule has 0 aromatic heterocycles. The molecule has 2 aliphatic rings. The van der Waals surface area contributed by atoms with Crippen LogP contribution in [0.3, 0.4) is 0 Å². The van der Waals surface area contributed by atoms with E-state index in [1.165, 1.54) is 0 Å². The van der Waals surface area contributed by atoms with Gasteiger partial charge in [-0.15, -0.1) is 0 Å². The molecule has 0 radical (unpaired) electrons. The molecule has 1 aromatic rings. The van der Waals surface area contributed by atoms with Crippen molar-refractivity contribution in [3.8, 4) is 5.75 Å². The Hall–Kier alpha value is -2.57. The van der Waals surface area contributed by atoms with Gasteiger partial charge in [-0.1, -0.05) is 12.1 Å². The lowest BCUT2D eigenvalue weighted by Crippen LogP contribution is -2.46. The summed E-state index contributed by atoms with van der Waals surface area (Å²) in [7, 11) is 0. The van der Waals surface area contributed by atoms with Gasteiger partial charge in [0.2, 0.25) is 5.91 Å². The van der Waals surface area contributed by atoms with Crippen molar-refractivity contribution in [3.05, 3.63) is 24.3 Å². The number of anilines is 1. The van der Waals surface area contributed by atoms with Crippen LogP contribution in [0.1, 0.15) is 19.8 Å². The van der Waals surface area contributed by atoms with Gasteiger partial charge in [0.15, 0.2) is 6.10 Å². The molecule has 0 bridgehead atoms. The fourth-order valence-corrected chi connectivity index (χ4v) is 3.14. The van der Waals surface area contributed by atoms with Gasteiger partial charge in [-0.05, 0) is 25.5 Å². The molecule has 3 rings (SSSR count). The van der Waals surface area contributed by atoms with Crippen molar-refractivity contribution < 1.29 is 24.2 Å². The second-order valence-electron chi connectivity index (χ2n) is 6.13. The van der Waals surface area contributed by atoms with Crippen LogP contribution in [0.15, 0.2) is 24.3 Å². The largest absolute Gasteiger partial charge is 0.481 e. The third-order valence-corrected chi connectivity index (χ3v) is 4.51. The van der Waals surface area contributed by atoms with Gasteiger partial charge in [0.25, 0.3) is 5.91 Å². The highest BCUT2D eigenvalue weighted by atomic mass is 16.5.